The molecule has 1 saturated carbocycles. The predicted octanol–water partition coefficient (Wildman–Crippen LogP) is 4.14. The van der Waals surface area contributed by atoms with E-state index in [0.717, 1.165) is 11.3 Å². The monoisotopic (exact) mass is 239 g/mol. The molecule has 1 fully saturated rings. The summed E-state index contributed by atoms with van der Waals surface area (Å²) in [5.74, 6) is 2.57. The Morgan fingerprint density at radius 3 is 2.69 bits per heavy atom. The van der Waals surface area contributed by atoms with Crippen molar-refractivity contribution in [1.29, 1.82) is 0 Å². The molecule has 0 aromatic carbocycles. The summed E-state index contributed by atoms with van der Waals surface area (Å²) >= 11 is 1.84. The van der Waals surface area contributed by atoms with Crippen LogP contribution >= 0.6 is 11.8 Å². The summed E-state index contributed by atoms with van der Waals surface area (Å²) < 4.78 is 0. The fraction of sp³-hybridized carbons (Fsp3) is 0.769. The van der Waals surface area contributed by atoms with E-state index in [4.69, 9.17) is 0 Å². The van der Waals surface area contributed by atoms with E-state index in [1.54, 1.807) is 0 Å². The highest BCUT2D eigenvalue weighted by molar-refractivity contribution is 8.14. The Morgan fingerprint density at radius 2 is 2.00 bits per heavy atom. The Bertz CT molecular complexity index is 322. The van der Waals surface area contributed by atoms with Gasteiger partial charge in [0.25, 0.3) is 0 Å². The van der Waals surface area contributed by atoms with Crippen LogP contribution in [0.5, 0.6) is 0 Å². The predicted molar refractivity (Wildman–Crippen MR) is 71.0 cm³/mol. The molecule has 1 aliphatic carbocycles. The normalized spacial score (nSPS) is 30.0. The van der Waals surface area contributed by atoms with E-state index >= 15 is 0 Å². The van der Waals surface area contributed by atoms with Gasteiger partial charge in [0.15, 0.2) is 0 Å². The first-order valence-electron chi connectivity index (χ1n) is 6.35. The number of rotatable bonds is 2. The number of hydrogen-bond donors (Lipinski definition) is 1. The molecule has 90 valence electrons. The molecule has 0 bridgehead atoms. The second-order valence-electron chi connectivity index (χ2n) is 4.80. The maximum absolute atomic E-state index is 9.87. The van der Waals surface area contributed by atoms with Gasteiger partial charge in [-0.2, -0.15) is 0 Å². The molecule has 2 atom stereocenters. The highest BCUT2D eigenvalue weighted by atomic mass is 32.2. The van der Waals surface area contributed by atoms with Gasteiger partial charge >= 0.3 is 0 Å². The molecule has 2 rings (SSSR count). The minimum Gasteiger partial charge on any atom is -0.493 e. The molecule has 1 heterocycles. The van der Waals surface area contributed by atoms with Crippen LogP contribution in [-0.4, -0.2) is 15.9 Å². The van der Waals surface area contributed by atoms with Crippen molar-refractivity contribution in [2.24, 2.45) is 16.8 Å². The van der Waals surface area contributed by atoms with Crippen LogP contribution in [0.25, 0.3) is 0 Å². The average molecular weight is 239 g/mol. The Balaban J connectivity index is 2.18. The highest BCUT2D eigenvalue weighted by Gasteiger charge is 2.34. The van der Waals surface area contributed by atoms with Crippen molar-refractivity contribution in [3.8, 4) is 0 Å². The summed E-state index contributed by atoms with van der Waals surface area (Å²) in [5, 5.41) is 11.1. The molecule has 2 aliphatic rings. The smallest absolute Gasteiger partial charge is 0.210 e. The van der Waals surface area contributed by atoms with Crippen LogP contribution in [0, 0.1) is 11.8 Å². The van der Waals surface area contributed by atoms with Crippen molar-refractivity contribution >= 4 is 16.8 Å². The van der Waals surface area contributed by atoms with Crippen molar-refractivity contribution in [3.05, 3.63) is 11.5 Å². The Hall–Kier alpha value is -0.440. The number of allylic oxidation sites excluding steroid dienone is 1. The molecule has 0 spiro atoms. The van der Waals surface area contributed by atoms with E-state index in [2.05, 4.69) is 11.9 Å². The maximum Gasteiger partial charge on any atom is 0.210 e. The molecule has 3 heteroatoms. The Kier molecular flexibility index (Phi) is 3.95. The lowest BCUT2D eigenvalue weighted by Crippen LogP contribution is -2.30. The standard InChI is InChI=1S/C13H21NOS/c1-3-8-16-13-11-7-5-4-6-10(11)9(2)12(15)14-13/h10-11,15H,3-8H2,1-2H3. The fourth-order valence-corrected chi connectivity index (χ4v) is 3.79. The number of thioether (sulfide) groups is 1. The van der Waals surface area contributed by atoms with Crippen molar-refractivity contribution in [1.82, 2.24) is 0 Å². The molecule has 1 N–H and O–H groups in total. The van der Waals surface area contributed by atoms with Gasteiger partial charge in [0.2, 0.25) is 5.88 Å². The molecule has 0 aromatic rings. The second kappa shape index (κ2) is 5.26. The number of nitrogens with zero attached hydrogens (tertiary/aromatic N) is 1. The van der Waals surface area contributed by atoms with E-state index in [9.17, 15) is 5.11 Å². The summed E-state index contributed by atoms with van der Waals surface area (Å²) in [6, 6.07) is 0. The quantitative estimate of drug-likeness (QED) is 0.785. The van der Waals surface area contributed by atoms with Crippen LogP contribution in [0.2, 0.25) is 0 Å². The van der Waals surface area contributed by atoms with Crippen molar-refractivity contribution in [2.45, 2.75) is 46.0 Å². The number of aliphatic imine (C=N–C) groups is 1. The summed E-state index contributed by atoms with van der Waals surface area (Å²) in [5.41, 5.74) is 1.12. The molecule has 0 radical (unpaired) electrons. The number of aliphatic hydroxyl groups is 1. The van der Waals surface area contributed by atoms with Gasteiger partial charge in [0.05, 0.1) is 5.04 Å². The zero-order valence-corrected chi connectivity index (χ0v) is 11.0. The molecular weight excluding hydrogens is 218 g/mol. The van der Waals surface area contributed by atoms with Crippen LogP contribution in [0.15, 0.2) is 16.4 Å². The number of hydrogen-bond acceptors (Lipinski definition) is 3. The van der Waals surface area contributed by atoms with Crippen molar-refractivity contribution in [2.75, 3.05) is 5.75 Å². The zero-order chi connectivity index (χ0) is 11.5. The van der Waals surface area contributed by atoms with Gasteiger partial charge in [0.1, 0.15) is 0 Å². The summed E-state index contributed by atoms with van der Waals surface area (Å²) in [6.07, 6.45) is 6.28. The van der Waals surface area contributed by atoms with Crippen LogP contribution in [0.1, 0.15) is 46.0 Å². The number of fused-ring (bicyclic) bond motifs is 1. The molecule has 16 heavy (non-hydrogen) atoms. The largest absolute Gasteiger partial charge is 0.493 e. The zero-order valence-electron chi connectivity index (χ0n) is 10.2. The average Bonchev–Trinajstić information content (AvgIpc) is 2.32. The SMILES string of the molecule is CCCSC1=NC(O)=C(C)C2CCCCC12. The van der Waals surface area contributed by atoms with E-state index < -0.39 is 0 Å². The minimum absolute atomic E-state index is 0.293. The third kappa shape index (κ3) is 2.29. The second-order valence-corrected chi connectivity index (χ2v) is 5.92. The molecule has 2 unspecified atom stereocenters. The summed E-state index contributed by atoms with van der Waals surface area (Å²) in [6.45, 7) is 4.23. The molecule has 1 aliphatic heterocycles. The summed E-state index contributed by atoms with van der Waals surface area (Å²) in [4.78, 5) is 4.40. The first-order valence-corrected chi connectivity index (χ1v) is 7.33. The van der Waals surface area contributed by atoms with Crippen LogP contribution in [0.4, 0.5) is 0 Å². The lowest BCUT2D eigenvalue weighted by Gasteiger charge is -2.35. The molecule has 0 aromatic heterocycles. The molecule has 0 saturated heterocycles. The fourth-order valence-electron chi connectivity index (χ4n) is 2.73. The minimum atomic E-state index is 0.293. The topological polar surface area (TPSA) is 32.6 Å². The van der Waals surface area contributed by atoms with E-state index in [1.807, 2.05) is 18.7 Å². The molecular formula is C13H21NOS. The Labute approximate surface area is 102 Å². The van der Waals surface area contributed by atoms with Crippen LogP contribution < -0.4 is 0 Å². The lowest BCUT2D eigenvalue weighted by atomic mass is 9.75. The van der Waals surface area contributed by atoms with Crippen molar-refractivity contribution < 1.29 is 5.11 Å². The van der Waals surface area contributed by atoms with Gasteiger partial charge in [0, 0.05) is 5.92 Å². The van der Waals surface area contributed by atoms with E-state index in [0.29, 0.717) is 17.7 Å². The third-order valence-electron chi connectivity index (χ3n) is 3.66. The molecule has 2 nitrogen and oxygen atoms in total. The van der Waals surface area contributed by atoms with E-state index in [-0.39, 0.29) is 0 Å². The highest BCUT2D eigenvalue weighted by Crippen LogP contribution is 2.42. The first-order chi connectivity index (χ1) is 7.74. The van der Waals surface area contributed by atoms with Gasteiger partial charge < -0.3 is 5.11 Å². The number of aliphatic hydroxyl groups excluding tert-OH is 1. The van der Waals surface area contributed by atoms with Gasteiger partial charge in [-0.05, 0) is 43.4 Å². The van der Waals surface area contributed by atoms with Crippen LogP contribution in [-0.2, 0) is 0 Å². The maximum atomic E-state index is 9.87. The summed E-state index contributed by atoms with van der Waals surface area (Å²) in [7, 11) is 0. The van der Waals surface area contributed by atoms with Gasteiger partial charge in [-0.1, -0.05) is 19.8 Å². The molecule has 0 amide bonds. The van der Waals surface area contributed by atoms with Gasteiger partial charge in [-0.25, -0.2) is 4.99 Å². The van der Waals surface area contributed by atoms with Gasteiger partial charge in [-0.15, -0.1) is 11.8 Å². The third-order valence-corrected chi connectivity index (χ3v) is 4.96. The van der Waals surface area contributed by atoms with E-state index in [1.165, 1.54) is 37.1 Å². The first kappa shape index (κ1) is 12.0. The lowest BCUT2D eigenvalue weighted by molar-refractivity contribution is 0.306. The van der Waals surface area contributed by atoms with Crippen LogP contribution in [0.3, 0.4) is 0 Å². The van der Waals surface area contributed by atoms with Crippen molar-refractivity contribution in [3.63, 3.8) is 0 Å². The Morgan fingerprint density at radius 1 is 1.31 bits per heavy atom. The van der Waals surface area contributed by atoms with Gasteiger partial charge in [-0.3, -0.25) is 0 Å².